The standard InChI is InChI=1S/C18H21NO2S/c1-15-7-9-17(10-8-15)22-14-11-18(20)19-12-13-21-16-5-3-2-4-6-16/h2-10H,11-14H2,1H3,(H,19,20). The van der Waals surface area contributed by atoms with Crippen LogP contribution in [0.25, 0.3) is 0 Å². The molecule has 0 saturated heterocycles. The fourth-order valence-corrected chi connectivity index (χ4v) is 2.71. The van der Waals surface area contributed by atoms with Crippen molar-refractivity contribution in [1.29, 1.82) is 0 Å². The van der Waals surface area contributed by atoms with Crippen molar-refractivity contribution in [2.45, 2.75) is 18.2 Å². The normalized spacial score (nSPS) is 10.2. The lowest BCUT2D eigenvalue weighted by Gasteiger charge is -2.07. The lowest BCUT2D eigenvalue weighted by Crippen LogP contribution is -2.28. The molecule has 0 bridgehead atoms. The van der Waals surface area contributed by atoms with E-state index in [1.54, 1.807) is 11.8 Å². The summed E-state index contributed by atoms with van der Waals surface area (Å²) in [6, 6.07) is 18.0. The van der Waals surface area contributed by atoms with Gasteiger partial charge in [-0.25, -0.2) is 0 Å². The van der Waals surface area contributed by atoms with E-state index < -0.39 is 0 Å². The van der Waals surface area contributed by atoms with Crippen LogP contribution in [-0.4, -0.2) is 24.8 Å². The summed E-state index contributed by atoms with van der Waals surface area (Å²) in [4.78, 5) is 12.9. The van der Waals surface area contributed by atoms with Crippen molar-refractivity contribution in [3.8, 4) is 5.75 Å². The molecule has 2 aromatic carbocycles. The lowest BCUT2D eigenvalue weighted by molar-refractivity contribution is -0.120. The number of ether oxygens (including phenoxy) is 1. The Kier molecular flexibility index (Phi) is 6.84. The maximum Gasteiger partial charge on any atom is 0.220 e. The van der Waals surface area contributed by atoms with Crippen molar-refractivity contribution in [2.75, 3.05) is 18.9 Å². The average Bonchev–Trinajstić information content (AvgIpc) is 2.54. The minimum absolute atomic E-state index is 0.0660. The van der Waals surface area contributed by atoms with Crippen LogP contribution in [0.1, 0.15) is 12.0 Å². The highest BCUT2D eigenvalue weighted by molar-refractivity contribution is 7.99. The molecule has 4 heteroatoms. The van der Waals surface area contributed by atoms with Crippen molar-refractivity contribution < 1.29 is 9.53 Å². The smallest absolute Gasteiger partial charge is 0.220 e. The van der Waals surface area contributed by atoms with Gasteiger partial charge >= 0.3 is 0 Å². The first-order valence-electron chi connectivity index (χ1n) is 7.38. The second-order valence-corrected chi connectivity index (χ2v) is 6.09. The van der Waals surface area contributed by atoms with E-state index in [0.717, 1.165) is 11.5 Å². The van der Waals surface area contributed by atoms with Crippen molar-refractivity contribution >= 4 is 17.7 Å². The van der Waals surface area contributed by atoms with Crippen molar-refractivity contribution in [1.82, 2.24) is 5.32 Å². The molecule has 116 valence electrons. The summed E-state index contributed by atoms with van der Waals surface area (Å²) < 4.78 is 5.52. The summed E-state index contributed by atoms with van der Waals surface area (Å²) in [5, 5.41) is 2.87. The summed E-state index contributed by atoms with van der Waals surface area (Å²) in [6.45, 7) is 3.09. The zero-order valence-electron chi connectivity index (χ0n) is 12.7. The Morgan fingerprint density at radius 3 is 2.55 bits per heavy atom. The molecule has 0 saturated carbocycles. The zero-order chi connectivity index (χ0) is 15.6. The Morgan fingerprint density at radius 1 is 1.09 bits per heavy atom. The third-order valence-electron chi connectivity index (χ3n) is 3.06. The number of para-hydroxylation sites is 1. The maximum absolute atomic E-state index is 11.7. The van der Waals surface area contributed by atoms with Gasteiger partial charge in [0.2, 0.25) is 5.91 Å². The molecule has 0 fully saturated rings. The zero-order valence-corrected chi connectivity index (χ0v) is 13.6. The van der Waals surface area contributed by atoms with Crippen LogP contribution in [0.3, 0.4) is 0 Å². The van der Waals surface area contributed by atoms with E-state index in [9.17, 15) is 4.79 Å². The molecule has 0 aromatic heterocycles. The molecule has 1 N–H and O–H groups in total. The predicted octanol–water partition coefficient (Wildman–Crippen LogP) is 3.67. The third-order valence-corrected chi connectivity index (χ3v) is 4.07. The van der Waals surface area contributed by atoms with E-state index in [-0.39, 0.29) is 5.91 Å². The van der Waals surface area contributed by atoms with E-state index in [0.29, 0.717) is 19.6 Å². The van der Waals surface area contributed by atoms with Gasteiger partial charge in [-0.2, -0.15) is 0 Å². The molecule has 0 heterocycles. The topological polar surface area (TPSA) is 38.3 Å². The predicted molar refractivity (Wildman–Crippen MR) is 91.5 cm³/mol. The number of nitrogens with one attached hydrogen (secondary N) is 1. The molecule has 0 aliphatic rings. The second-order valence-electron chi connectivity index (χ2n) is 4.92. The van der Waals surface area contributed by atoms with E-state index >= 15 is 0 Å². The molecular formula is C18H21NO2S. The first kappa shape index (κ1) is 16.4. The molecule has 22 heavy (non-hydrogen) atoms. The molecule has 1 amide bonds. The van der Waals surface area contributed by atoms with Crippen LogP contribution in [0, 0.1) is 6.92 Å². The molecule has 0 atom stereocenters. The van der Waals surface area contributed by atoms with Gasteiger partial charge in [0.1, 0.15) is 12.4 Å². The molecule has 0 radical (unpaired) electrons. The van der Waals surface area contributed by atoms with Gasteiger partial charge in [0.15, 0.2) is 0 Å². The molecule has 3 nitrogen and oxygen atoms in total. The number of amides is 1. The SMILES string of the molecule is Cc1ccc(SCCC(=O)NCCOc2ccccc2)cc1. The monoisotopic (exact) mass is 315 g/mol. The van der Waals surface area contributed by atoms with Gasteiger partial charge in [0, 0.05) is 17.1 Å². The molecule has 0 aliphatic heterocycles. The van der Waals surface area contributed by atoms with Gasteiger partial charge in [-0.05, 0) is 31.2 Å². The van der Waals surface area contributed by atoms with Crippen LogP contribution >= 0.6 is 11.8 Å². The minimum atomic E-state index is 0.0660. The second kappa shape index (κ2) is 9.15. The molecular weight excluding hydrogens is 294 g/mol. The number of hydrogen-bond donors (Lipinski definition) is 1. The van der Waals surface area contributed by atoms with Crippen molar-refractivity contribution in [3.63, 3.8) is 0 Å². The highest BCUT2D eigenvalue weighted by Gasteiger charge is 2.02. The van der Waals surface area contributed by atoms with E-state index in [1.165, 1.54) is 10.5 Å². The number of aryl methyl sites for hydroxylation is 1. The van der Waals surface area contributed by atoms with Gasteiger partial charge in [-0.3, -0.25) is 4.79 Å². The fourth-order valence-electron chi connectivity index (χ4n) is 1.86. The Balaban J connectivity index is 1.55. The van der Waals surface area contributed by atoms with Gasteiger partial charge in [-0.1, -0.05) is 35.9 Å². The Labute approximate surface area is 136 Å². The Morgan fingerprint density at radius 2 is 1.82 bits per heavy atom. The summed E-state index contributed by atoms with van der Waals surface area (Å²) in [5.41, 5.74) is 1.25. The van der Waals surface area contributed by atoms with Crippen LogP contribution in [0.4, 0.5) is 0 Å². The van der Waals surface area contributed by atoms with E-state index in [2.05, 4.69) is 36.5 Å². The third kappa shape index (κ3) is 6.22. The number of carbonyl (C=O) groups excluding carboxylic acids is 1. The molecule has 0 unspecified atom stereocenters. The number of benzene rings is 2. The molecule has 2 aromatic rings. The van der Waals surface area contributed by atoms with E-state index in [4.69, 9.17) is 4.74 Å². The van der Waals surface area contributed by atoms with Crippen LogP contribution < -0.4 is 10.1 Å². The quantitative estimate of drug-likeness (QED) is 0.596. The summed E-state index contributed by atoms with van der Waals surface area (Å²) in [5.74, 6) is 1.68. The van der Waals surface area contributed by atoms with Gasteiger partial charge in [-0.15, -0.1) is 11.8 Å². The lowest BCUT2D eigenvalue weighted by atomic mass is 10.2. The number of rotatable bonds is 8. The first-order valence-corrected chi connectivity index (χ1v) is 8.36. The van der Waals surface area contributed by atoms with E-state index in [1.807, 2.05) is 30.3 Å². The Bertz CT molecular complexity index is 569. The molecule has 2 rings (SSSR count). The summed E-state index contributed by atoms with van der Waals surface area (Å²) >= 11 is 1.70. The van der Waals surface area contributed by atoms with Crippen LogP contribution in [0.5, 0.6) is 5.75 Å². The van der Waals surface area contributed by atoms with Crippen LogP contribution in [0.2, 0.25) is 0 Å². The van der Waals surface area contributed by atoms with Crippen molar-refractivity contribution in [3.05, 3.63) is 60.2 Å². The minimum Gasteiger partial charge on any atom is -0.492 e. The first-order chi connectivity index (χ1) is 10.7. The average molecular weight is 315 g/mol. The van der Waals surface area contributed by atoms with Crippen LogP contribution in [-0.2, 0) is 4.79 Å². The van der Waals surface area contributed by atoms with Crippen LogP contribution in [0.15, 0.2) is 59.5 Å². The van der Waals surface area contributed by atoms with Gasteiger partial charge in [0.05, 0.1) is 6.54 Å². The summed E-state index contributed by atoms with van der Waals surface area (Å²) in [6.07, 6.45) is 0.518. The fraction of sp³-hybridized carbons (Fsp3) is 0.278. The van der Waals surface area contributed by atoms with Crippen molar-refractivity contribution in [2.24, 2.45) is 0 Å². The Hall–Kier alpha value is -1.94. The highest BCUT2D eigenvalue weighted by Crippen LogP contribution is 2.18. The number of thioether (sulfide) groups is 1. The highest BCUT2D eigenvalue weighted by atomic mass is 32.2. The molecule has 0 aliphatic carbocycles. The summed E-state index contributed by atoms with van der Waals surface area (Å²) in [7, 11) is 0. The molecule has 0 spiro atoms. The maximum atomic E-state index is 11.7. The van der Waals surface area contributed by atoms with Gasteiger partial charge < -0.3 is 10.1 Å². The number of hydrogen-bond acceptors (Lipinski definition) is 3. The largest absolute Gasteiger partial charge is 0.492 e. The number of carbonyl (C=O) groups is 1. The van der Waals surface area contributed by atoms with Gasteiger partial charge in [0.25, 0.3) is 0 Å².